The number of carbonyl (C=O) groups is 1. The molecule has 0 unspecified atom stereocenters. The molecule has 1 amide bonds. The van der Waals surface area contributed by atoms with E-state index in [9.17, 15) is 4.79 Å². The van der Waals surface area contributed by atoms with Gasteiger partial charge in [-0.25, -0.2) is 0 Å². The number of hydrogen-bond donors (Lipinski definition) is 2. The Kier molecular flexibility index (Phi) is 10.2. The third-order valence-electron chi connectivity index (χ3n) is 1.98. The number of thioether (sulfide) groups is 1. The molecule has 0 atom stereocenters. The van der Waals surface area contributed by atoms with Gasteiger partial charge in [0.25, 0.3) is 0 Å². The molecule has 0 radical (unpaired) electrons. The van der Waals surface area contributed by atoms with Gasteiger partial charge in [0.05, 0.1) is 0 Å². The van der Waals surface area contributed by atoms with E-state index in [1.54, 1.807) is 0 Å². The van der Waals surface area contributed by atoms with E-state index in [4.69, 9.17) is 0 Å². The summed E-state index contributed by atoms with van der Waals surface area (Å²) in [6, 6.07) is 0.509. The van der Waals surface area contributed by atoms with E-state index in [0.29, 0.717) is 12.5 Å². The first-order chi connectivity index (χ1) is 7.16. The van der Waals surface area contributed by atoms with Crippen molar-refractivity contribution in [2.45, 2.75) is 39.2 Å². The maximum atomic E-state index is 11.3. The second kappa shape index (κ2) is 10.3. The van der Waals surface area contributed by atoms with Crippen molar-refractivity contribution < 1.29 is 4.79 Å². The molecule has 0 heterocycles. The van der Waals surface area contributed by atoms with Crippen molar-refractivity contribution in [2.75, 3.05) is 25.1 Å². The van der Waals surface area contributed by atoms with Gasteiger partial charge in [0, 0.05) is 19.0 Å². The lowest BCUT2D eigenvalue weighted by Crippen LogP contribution is -2.27. The Morgan fingerprint density at radius 2 is 2.00 bits per heavy atom. The fraction of sp³-hybridized carbons (Fsp3) is 0.909. The highest BCUT2D eigenvalue weighted by atomic mass is 32.2. The monoisotopic (exact) mass is 232 g/mol. The van der Waals surface area contributed by atoms with Crippen LogP contribution in [0.4, 0.5) is 0 Å². The lowest BCUT2D eigenvalue weighted by atomic mass is 10.2. The first-order valence-electron chi connectivity index (χ1n) is 5.66. The Morgan fingerprint density at radius 1 is 1.27 bits per heavy atom. The predicted molar refractivity (Wildman–Crippen MR) is 68.4 cm³/mol. The van der Waals surface area contributed by atoms with E-state index in [0.717, 1.165) is 31.7 Å². The van der Waals surface area contributed by atoms with Crippen molar-refractivity contribution in [2.24, 2.45) is 0 Å². The van der Waals surface area contributed by atoms with Gasteiger partial charge in [-0.15, -0.1) is 0 Å². The minimum absolute atomic E-state index is 0.182. The van der Waals surface area contributed by atoms with Gasteiger partial charge in [-0.05, 0) is 31.4 Å². The molecule has 0 aromatic rings. The average Bonchev–Trinajstić information content (AvgIpc) is 2.19. The third-order valence-corrected chi connectivity index (χ3v) is 2.68. The summed E-state index contributed by atoms with van der Waals surface area (Å²) in [6.07, 6.45) is 4.71. The van der Waals surface area contributed by atoms with Crippen molar-refractivity contribution in [1.29, 1.82) is 0 Å². The second-order valence-electron chi connectivity index (χ2n) is 3.91. The number of hydrogen-bond acceptors (Lipinski definition) is 3. The van der Waals surface area contributed by atoms with Gasteiger partial charge in [-0.1, -0.05) is 13.8 Å². The third kappa shape index (κ3) is 11.7. The topological polar surface area (TPSA) is 41.1 Å². The summed E-state index contributed by atoms with van der Waals surface area (Å²) in [5.41, 5.74) is 0. The molecular weight excluding hydrogens is 208 g/mol. The molecule has 0 fully saturated rings. The van der Waals surface area contributed by atoms with E-state index >= 15 is 0 Å². The molecule has 0 aromatic carbocycles. The van der Waals surface area contributed by atoms with E-state index in [-0.39, 0.29) is 5.91 Å². The standard InChI is InChI=1S/C11H24N2OS/c1-10(2)12-7-4-6-11(14)13-8-5-9-15-3/h10,12H,4-9H2,1-3H3,(H,13,14). The fourth-order valence-corrected chi connectivity index (χ4v) is 1.61. The molecule has 0 saturated heterocycles. The Morgan fingerprint density at radius 3 is 2.60 bits per heavy atom. The molecule has 0 bridgehead atoms. The Hall–Kier alpha value is -0.220. The van der Waals surface area contributed by atoms with Crippen LogP contribution in [0, 0.1) is 0 Å². The lowest BCUT2D eigenvalue weighted by molar-refractivity contribution is -0.121. The molecule has 0 saturated carbocycles. The zero-order chi connectivity index (χ0) is 11.5. The van der Waals surface area contributed by atoms with Crippen molar-refractivity contribution in [3.63, 3.8) is 0 Å². The van der Waals surface area contributed by atoms with Gasteiger partial charge < -0.3 is 10.6 Å². The molecule has 0 aliphatic carbocycles. The van der Waals surface area contributed by atoms with E-state index in [2.05, 4.69) is 30.7 Å². The summed E-state index contributed by atoms with van der Waals surface area (Å²) in [7, 11) is 0. The molecule has 90 valence electrons. The molecule has 0 spiro atoms. The summed E-state index contributed by atoms with van der Waals surface area (Å²) >= 11 is 1.82. The predicted octanol–water partition coefficient (Wildman–Crippen LogP) is 1.63. The van der Waals surface area contributed by atoms with Crippen LogP contribution >= 0.6 is 11.8 Å². The highest BCUT2D eigenvalue weighted by molar-refractivity contribution is 7.98. The van der Waals surface area contributed by atoms with Crippen molar-refractivity contribution in [3.8, 4) is 0 Å². The minimum atomic E-state index is 0.182. The summed E-state index contributed by atoms with van der Waals surface area (Å²) in [5, 5.41) is 6.22. The smallest absolute Gasteiger partial charge is 0.220 e. The van der Waals surface area contributed by atoms with E-state index in [1.807, 2.05) is 11.8 Å². The molecule has 3 nitrogen and oxygen atoms in total. The second-order valence-corrected chi connectivity index (χ2v) is 4.89. The molecule has 2 N–H and O–H groups in total. The SMILES string of the molecule is CSCCCNC(=O)CCCNC(C)C. The zero-order valence-electron chi connectivity index (χ0n) is 10.1. The van der Waals surface area contributed by atoms with Gasteiger partial charge >= 0.3 is 0 Å². The van der Waals surface area contributed by atoms with Crippen LogP contribution in [0.25, 0.3) is 0 Å². The quantitative estimate of drug-likeness (QED) is 0.594. The van der Waals surface area contributed by atoms with Crippen LogP contribution in [0.1, 0.15) is 33.1 Å². The Balaban J connectivity index is 3.19. The summed E-state index contributed by atoms with van der Waals surface area (Å²) < 4.78 is 0. The maximum Gasteiger partial charge on any atom is 0.220 e. The minimum Gasteiger partial charge on any atom is -0.356 e. The fourth-order valence-electron chi connectivity index (χ4n) is 1.17. The molecule has 15 heavy (non-hydrogen) atoms. The van der Waals surface area contributed by atoms with Crippen LogP contribution in [-0.2, 0) is 4.79 Å². The molecule has 0 aliphatic rings. The van der Waals surface area contributed by atoms with Gasteiger partial charge in [-0.3, -0.25) is 4.79 Å². The van der Waals surface area contributed by atoms with Crippen molar-refractivity contribution in [1.82, 2.24) is 10.6 Å². The van der Waals surface area contributed by atoms with Crippen molar-refractivity contribution >= 4 is 17.7 Å². The van der Waals surface area contributed by atoms with Crippen LogP contribution in [0.3, 0.4) is 0 Å². The molecule has 0 rings (SSSR count). The summed E-state index contributed by atoms with van der Waals surface area (Å²) in [5.74, 6) is 1.30. The molecular formula is C11H24N2OS. The van der Waals surface area contributed by atoms with Crippen LogP contribution < -0.4 is 10.6 Å². The lowest BCUT2D eigenvalue weighted by Gasteiger charge is -2.07. The van der Waals surface area contributed by atoms with E-state index in [1.165, 1.54) is 0 Å². The number of nitrogens with one attached hydrogen (secondary N) is 2. The number of rotatable bonds is 9. The first kappa shape index (κ1) is 14.8. The van der Waals surface area contributed by atoms with Crippen LogP contribution in [0.15, 0.2) is 0 Å². The van der Waals surface area contributed by atoms with Gasteiger partial charge in [-0.2, -0.15) is 11.8 Å². The highest BCUT2D eigenvalue weighted by Crippen LogP contribution is 1.94. The van der Waals surface area contributed by atoms with Crippen LogP contribution in [0.5, 0.6) is 0 Å². The van der Waals surface area contributed by atoms with E-state index < -0.39 is 0 Å². The number of carbonyl (C=O) groups excluding carboxylic acids is 1. The Bertz CT molecular complexity index is 163. The highest BCUT2D eigenvalue weighted by Gasteiger charge is 2.00. The van der Waals surface area contributed by atoms with Gasteiger partial charge in [0.2, 0.25) is 5.91 Å². The zero-order valence-corrected chi connectivity index (χ0v) is 11.0. The summed E-state index contributed by atoms with van der Waals surface area (Å²) in [6.45, 7) is 5.97. The van der Waals surface area contributed by atoms with Crippen LogP contribution in [0.2, 0.25) is 0 Å². The number of amides is 1. The largest absolute Gasteiger partial charge is 0.356 e. The van der Waals surface area contributed by atoms with Crippen LogP contribution in [-0.4, -0.2) is 37.0 Å². The first-order valence-corrected chi connectivity index (χ1v) is 7.05. The molecule has 4 heteroatoms. The molecule has 0 aromatic heterocycles. The van der Waals surface area contributed by atoms with Gasteiger partial charge in [0.1, 0.15) is 0 Å². The Labute approximate surface area is 97.8 Å². The average molecular weight is 232 g/mol. The maximum absolute atomic E-state index is 11.3. The van der Waals surface area contributed by atoms with Gasteiger partial charge in [0.15, 0.2) is 0 Å². The van der Waals surface area contributed by atoms with Crippen molar-refractivity contribution in [3.05, 3.63) is 0 Å². The summed E-state index contributed by atoms with van der Waals surface area (Å²) in [4.78, 5) is 11.3. The molecule has 0 aliphatic heterocycles. The normalized spacial score (nSPS) is 10.7.